The molecule has 0 amide bonds. The summed E-state index contributed by atoms with van der Waals surface area (Å²) < 4.78 is 5.35. The Morgan fingerprint density at radius 3 is 2.40 bits per heavy atom. The smallest absolute Gasteiger partial charge is 0.0922 e. The second-order valence-electron chi connectivity index (χ2n) is 4.54. The van der Waals surface area contributed by atoms with Crippen molar-refractivity contribution in [3.05, 3.63) is 25.0 Å². The molecule has 0 aliphatic carbocycles. The van der Waals surface area contributed by atoms with Crippen LogP contribution in [0.4, 0.5) is 0 Å². The van der Waals surface area contributed by atoms with Crippen LogP contribution in [0.1, 0.15) is 47.0 Å². The van der Waals surface area contributed by atoms with Crippen LogP contribution in [0.15, 0.2) is 25.0 Å². The van der Waals surface area contributed by atoms with Gasteiger partial charge in [0.1, 0.15) is 0 Å². The third-order valence-electron chi connectivity index (χ3n) is 2.62. The zero-order valence-corrected chi connectivity index (χ0v) is 10.7. The molecule has 88 valence electrons. The normalized spacial score (nSPS) is 15.5. The lowest BCUT2D eigenvalue weighted by Gasteiger charge is -2.14. The summed E-state index contributed by atoms with van der Waals surface area (Å²) in [5.41, 5.74) is 0. The molecule has 1 nitrogen and oxygen atoms in total. The molecule has 0 radical (unpaired) electrons. The summed E-state index contributed by atoms with van der Waals surface area (Å²) in [4.78, 5) is 0. The fourth-order valence-corrected chi connectivity index (χ4v) is 1.42. The Morgan fingerprint density at radius 1 is 1.27 bits per heavy atom. The van der Waals surface area contributed by atoms with Crippen molar-refractivity contribution in [1.29, 1.82) is 0 Å². The molecule has 0 aliphatic rings. The lowest BCUT2D eigenvalue weighted by atomic mass is 9.92. The Hall–Kier alpha value is -0.720. The first-order chi connectivity index (χ1) is 7.10. The van der Waals surface area contributed by atoms with Crippen LogP contribution < -0.4 is 0 Å². The third kappa shape index (κ3) is 8.29. The van der Waals surface area contributed by atoms with Crippen molar-refractivity contribution in [2.75, 3.05) is 0 Å². The van der Waals surface area contributed by atoms with Crippen LogP contribution in [0.3, 0.4) is 0 Å². The van der Waals surface area contributed by atoms with Crippen molar-refractivity contribution >= 4 is 0 Å². The molecular formula is C14H26O. The van der Waals surface area contributed by atoms with Crippen molar-refractivity contribution in [3.8, 4) is 0 Å². The van der Waals surface area contributed by atoms with Gasteiger partial charge in [-0.05, 0) is 44.6 Å². The molecule has 2 atom stereocenters. The van der Waals surface area contributed by atoms with E-state index < -0.39 is 0 Å². The number of rotatable bonds is 8. The molecule has 0 heterocycles. The van der Waals surface area contributed by atoms with Gasteiger partial charge < -0.3 is 4.74 Å². The van der Waals surface area contributed by atoms with E-state index in [0.717, 1.165) is 12.3 Å². The topological polar surface area (TPSA) is 9.23 Å². The fourth-order valence-electron chi connectivity index (χ4n) is 1.42. The first-order valence-electron chi connectivity index (χ1n) is 6.03. The van der Waals surface area contributed by atoms with Crippen LogP contribution >= 0.6 is 0 Å². The van der Waals surface area contributed by atoms with E-state index in [4.69, 9.17) is 4.74 Å². The van der Waals surface area contributed by atoms with Gasteiger partial charge in [0.05, 0.1) is 12.4 Å². The summed E-state index contributed by atoms with van der Waals surface area (Å²) in [6.07, 6.45) is 9.78. The Labute approximate surface area is 95.2 Å². The van der Waals surface area contributed by atoms with E-state index in [1.54, 1.807) is 0 Å². The molecule has 0 fully saturated rings. The van der Waals surface area contributed by atoms with Gasteiger partial charge in [-0.15, -0.1) is 6.58 Å². The molecule has 2 unspecified atom stereocenters. The van der Waals surface area contributed by atoms with Crippen molar-refractivity contribution in [2.24, 2.45) is 11.8 Å². The van der Waals surface area contributed by atoms with Crippen LogP contribution in [-0.4, -0.2) is 6.10 Å². The van der Waals surface area contributed by atoms with Gasteiger partial charge in [0.15, 0.2) is 0 Å². The maximum atomic E-state index is 5.35. The molecule has 0 N–H and O–H groups in total. The molecule has 0 aromatic heterocycles. The molecule has 0 saturated carbocycles. The monoisotopic (exact) mass is 210 g/mol. The van der Waals surface area contributed by atoms with E-state index in [1.807, 2.05) is 20.1 Å². The van der Waals surface area contributed by atoms with E-state index in [-0.39, 0.29) is 6.10 Å². The molecule has 0 aromatic rings. The summed E-state index contributed by atoms with van der Waals surface area (Å²) >= 11 is 0. The summed E-state index contributed by atoms with van der Waals surface area (Å²) in [5.74, 6) is 1.37. The third-order valence-corrected chi connectivity index (χ3v) is 2.62. The maximum Gasteiger partial charge on any atom is 0.0922 e. The molecular weight excluding hydrogens is 184 g/mol. The number of hydrogen-bond acceptors (Lipinski definition) is 1. The average Bonchev–Trinajstić information content (AvgIpc) is 2.21. The molecule has 0 spiro atoms. The highest BCUT2D eigenvalue weighted by Crippen LogP contribution is 2.19. The van der Waals surface area contributed by atoms with Gasteiger partial charge in [-0.2, -0.15) is 0 Å². The lowest BCUT2D eigenvalue weighted by Crippen LogP contribution is -2.02. The molecule has 0 rings (SSSR count). The highest BCUT2D eigenvalue weighted by molar-refractivity contribution is 4.87. The van der Waals surface area contributed by atoms with E-state index in [2.05, 4.69) is 32.6 Å². The van der Waals surface area contributed by atoms with Gasteiger partial charge in [0, 0.05) is 0 Å². The first-order valence-corrected chi connectivity index (χ1v) is 6.03. The van der Waals surface area contributed by atoms with E-state index >= 15 is 0 Å². The van der Waals surface area contributed by atoms with E-state index in [9.17, 15) is 0 Å². The van der Waals surface area contributed by atoms with Crippen molar-refractivity contribution in [2.45, 2.75) is 53.1 Å². The summed E-state index contributed by atoms with van der Waals surface area (Å²) in [6, 6.07) is 0. The Bertz CT molecular complexity index is 182. The van der Waals surface area contributed by atoms with Gasteiger partial charge in [0.25, 0.3) is 0 Å². The number of hydrogen-bond donors (Lipinski definition) is 0. The lowest BCUT2D eigenvalue weighted by molar-refractivity contribution is 0.178. The molecule has 15 heavy (non-hydrogen) atoms. The Morgan fingerprint density at radius 2 is 1.93 bits per heavy atom. The fraction of sp³-hybridized carbons (Fsp3) is 0.714. The Kier molecular flexibility index (Phi) is 8.17. The number of allylic oxidation sites excluding steroid dienone is 2. The van der Waals surface area contributed by atoms with E-state index in [1.165, 1.54) is 12.8 Å². The minimum Gasteiger partial charge on any atom is -0.499 e. The van der Waals surface area contributed by atoms with E-state index in [0.29, 0.717) is 5.92 Å². The SMILES string of the molecule is C=CC(C/C=C/OC(C)C)CC(C)CC. The molecule has 0 bridgehead atoms. The largest absolute Gasteiger partial charge is 0.499 e. The second-order valence-corrected chi connectivity index (χ2v) is 4.54. The first kappa shape index (κ1) is 14.3. The van der Waals surface area contributed by atoms with Gasteiger partial charge in [-0.25, -0.2) is 0 Å². The second kappa shape index (κ2) is 8.58. The Balaban J connectivity index is 3.79. The highest BCUT2D eigenvalue weighted by Gasteiger charge is 2.06. The molecule has 0 aromatic carbocycles. The quantitative estimate of drug-likeness (QED) is 0.422. The van der Waals surface area contributed by atoms with Gasteiger partial charge >= 0.3 is 0 Å². The zero-order chi connectivity index (χ0) is 11.7. The molecule has 0 aliphatic heterocycles. The van der Waals surface area contributed by atoms with Crippen LogP contribution in [0, 0.1) is 11.8 Å². The van der Waals surface area contributed by atoms with Gasteiger partial charge in [0.2, 0.25) is 0 Å². The standard InChI is InChI=1S/C14H26O/c1-6-13(5)11-14(7-2)9-8-10-15-12(3)4/h7-8,10,12-14H,2,6,9,11H2,1,3-5H3/b10-8+. The van der Waals surface area contributed by atoms with Gasteiger partial charge in [-0.1, -0.05) is 26.3 Å². The predicted octanol–water partition coefficient (Wildman–Crippen LogP) is 4.55. The molecule has 1 heteroatoms. The number of ether oxygens (including phenoxy) is 1. The summed E-state index contributed by atoms with van der Waals surface area (Å²) in [7, 11) is 0. The van der Waals surface area contributed by atoms with Crippen LogP contribution in [0.2, 0.25) is 0 Å². The van der Waals surface area contributed by atoms with Crippen LogP contribution in [-0.2, 0) is 4.74 Å². The van der Waals surface area contributed by atoms with Crippen molar-refractivity contribution in [1.82, 2.24) is 0 Å². The van der Waals surface area contributed by atoms with Crippen LogP contribution in [0.5, 0.6) is 0 Å². The highest BCUT2D eigenvalue weighted by atomic mass is 16.5. The zero-order valence-electron chi connectivity index (χ0n) is 10.7. The minimum absolute atomic E-state index is 0.276. The minimum atomic E-state index is 0.276. The predicted molar refractivity (Wildman–Crippen MR) is 67.7 cm³/mol. The average molecular weight is 210 g/mol. The van der Waals surface area contributed by atoms with Crippen LogP contribution in [0.25, 0.3) is 0 Å². The summed E-state index contributed by atoms with van der Waals surface area (Å²) in [6.45, 7) is 12.5. The van der Waals surface area contributed by atoms with Gasteiger partial charge in [-0.3, -0.25) is 0 Å². The maximum absolute atomic E-state index is 5.35. The summed E-state index contributed by atoms with van der Waals surface area (Å²) in [5, 5.41) is 0. The van der Waals surface area contributed by atoms with Crippen molar-refractivity contribution < 1.29 is 4.74 Å². The molecule has 0 saturated heterocycles. The van der Waals surface area contributed by atoms with Crippen molar-refractivity contribution in [3.63, 3.8) is 0 Å².